The van der Waals surface area contributed by atoms with Crippen molar-refractivity contribution in [3.05, 3.63) is 17.6 Å². The normalized spacial score (nSPS) is 10.2. The zero-order valence-electron chi connectivity index (χ0n) is 10.2. The van der Waals surface area contributed by atoms with Crippen LogP contribution in [0.5, 0.6) is 0 Å². The molecule has 0 bridgehead atoms. The third-order valence-corrected chi connectivity index (χ3v) is 2.19. The van der Waals surface area contributed by atoms with Gasteiger partial charge >= 0.3 is 0 Å². The minimum atomic E-state index is 0.353. The van der Waals surface area contributed by atoms with Crippen LogP contribution in [0.2, 0.25) is 0 Å². The Morgan fingerprint density at radius 3 is 2.81 bits per heavy atom. The molecule has 0 spiro atoms. The minimum absolute atomic E-state index is 0.353. The van der Waals surface area contributed by atoms with Crippen LogP contribution in [0.3, 0.4) is 0 Å². The molecule has 0 unspecified atom stereocenters. The summed E-state index contributed by atoms with van der Waals surface area (Å²) in [7, 11) is 0. The highest BCUT2D eigenvalue weighted by Crippen LogP contribution is 2.13. The zero-order valence-corrected chi connectivity index (χ0v) is 10.2. The van der Waals surface area contributed by atoms with Crippen molar-refractivity contribution >= 4 is 5.82 Å². The van der Waals surface area contributed by atoms with Crippen molar-refractivity contribution in [1.82, 2.24) is 9.97 Å². The van der Waals surface area contributed by atoms with Gasteiger partial charge in [0, 0.05) is 30.6 Å². The second-order valence-corrected chi connectivity index (χ2v) is 4.14. The predicted octanol–water partition coefficient (Wildman–Crippen LogP) is 2.73. The van der Waals surface area contributed by atoms with Crippen LogP contribution in [0, 0.1) is 19.3 Å². The van der Waals surface area contributed by atoms with Gasteiger partial charge in [-0.3, -0.25) is 0 Å². The van der Waals surface area contributed by atoms with Crippen molar-refractivity contribution in [1.29, 1.82) is 0 Å². The fraction of sp³-hybridized carbons (Fsp3) is 0.538. The summed E-state index contributed by atoms with van der Waals surface area (Å²) in [6, 6.07) is 1.96. The van der Waals surface area contributed by atoms with Gasteiger partial charge in [-0.15, -0.1) is 12.3 Å². The maximum atomic E-state index is 5.19. The number of hydrogen-bond acceptors (Lipinski definition) is 3. The molecule has 3 heteroatoms. The molecule has 0 aliphatic heterocycles. The smallest absolute Gasteiger partial charge is 0.133 e. The Labute approximate surface area is 97.7 Å². The first-order valence-corrected chi connectivity index (χ1v) is 5.66. The van der Waals surface area contributed by atoms with E-state index in [0.717, 1.165) is 36.7 Å². The van der Waals surface area contributed by atoms with Crippen LogP contribution in [0.1, 0.15) is 44.1 Å². The molecule has 0 aliphatic carbocycles. The van der Waals surface area contributed by atoms with Gasteiger partial charge in [0.25, 0.3) is 0 Å². The largest absolute Gasteiger partial charge is 0.370 e. The Bertz CT molecular complexity index is 377. The standard InChI is InChI=1S/C13H19N3/c1-5-6-7-8-14-12-9-11(4)15-13(16-12)10(2)3/h1,9-10H,6-8H2,2-4H3,(H,14,15,16). The van der Waals surface area contributed by atoms with Crippen LogP contribution in [0.4, 0.5) is 5.82 Å². The molecule has 86 valence electrons. The van der Waals surface area contributed by atoms with Gasteiger partial charge in [-0.25, -0.2) is 9.97 Å². The van der Waals surface area contributed by atoms with Crippen molar-refractivity contribution in [3.8, 4) is 12.3 Å². The molecule has 1 aromatic rings. The van der Waals surface area contributed by atoms with E-state index in [4.69, 9.17) is 6.42 Å². The number of terminal acetylenes is 1. The van der Waals surface area contributed by atoms with E-state index in [2.05, 4.69) is 35.1 Å². The van der Waals surface area contributed by atoms with E-state index in [1.54, 1.807) is 0 Å². The molecule has 0 saturated carbocycles. The Balaban J connectivity index is 2.62. The lowest BCUT2D eigenvalue weighted by Crippen LogP contribution is -2.07. The number of nitrogens with one attached hydrogen (secondary N) is 1. The van der Waals surface area contributed by atoms with Crippen LogP contribution < -0.4 is 5.32 Å². The van der Waals surface area contributed by atoms with Gasteiger partial charge in [0.1, 0.15) is 11.6 Å². The maximum Gasteiger partial charge on any atom is 0.133 e. The molecular formula is C13H19N3. The third kappa shape index (κ3) is 3.90. The molecule has 3 nitrogen and oxygen atoms in total. The fourth-order valence-corrected chi connectivity index (χ4v) is 1.35. The number of hydrogen-bond donors (Lipinski definition) is 1. The van der Waals surface area contributed by atoms with Crippen LogP contribution in [0.15, 0.2) is 6.07 Å². The fourth-order valence-electron chi connectivity index (χ4n) is 1.35. The first-order chi connectivity index (χ1) is 7.63. The first-order valence-electron chi connectivity index (χ1n) is 5.66. The average molecular weight is 217 g/mol. The lowest BCUT2D eigenvalue weighted by molar-refractivity contribution is 0.765. The van der Waals surface area contributed by atoms with Gasteiger partial charge in [-0.05, 0) is 13.3 Å². The van der Waals surface area contributed by atoms with Gasteiger partial charge in [0.05, 0.1) is 0 Å². The molecule has 0 fully saturated rings. The number of anilines is 1. The summed E-state index contributed by atoms with van der Waals surface area (Å²) in [5.41, 5.74) is 0.998. The molecule has 1 rings (SSSR count). The van der Waals surface area contributed by atoms with Crippen LogP contribution >= 0.6 is 0 Å². The van der Waals surface area contributed by atoms with Gasteiger partial charge < -0.3 is 5.32 Å². The Hall–Kier alpha value is -1.56. The van der Waals surface area contributed by atoms with Gasteiger partial charge in [0.2, 0.25) is 0 Å². The minimum Gasteiger partial charge on any atom is -0.370 e. The SMILES string of the molecule is C#CCCCNc1cc(C)nc(C(C)C)n1. The number of nitrogens with zero attached hydrogens (tertiary/aromatic N) is 2. The number of rotatable bonds is 5. The monoisotopic (exact) mass is 217 g/mol. The van der Waals surface area contributed by atoms with Crippen molar-refractivity contribution < 1.29 is 0 Å². The van der Waals surface area contributed by atoms with E-state index in [1.165, 1.54) is 0 Å². The van der Waals surface area contributed by atoms with Gasteiger partial charge in [0.15, 0.2) is 0 Å². The predicted molar refractivity (Wildman–Crippen MR) is 67.4 cm³/mol. The molecular weight excluding hydrogens is 198 g/mol. The second kappa shape index (κ2) is 6.12. The van der Waals surface area contributed by atoms with Crippen LogP contribution in [0.25, 0.3) is 0 Å². The summed E-state index contributed by atoms with van der Waals surface area (Å²) in [6.07, 6.45) is 6.96. The summed E-state index contributed by atoms with van der Waals surface area (Å²) >= 11 is 0. The summed E-state index contributed by atoms with van der Waals surface area (Å²) in [5, 5.41) is 3.27. The molecule has 0 saturated heterocycles. The quantitative estimate of drug-likeness (QED) is 0.608. The molecule has 1 N–H and O–H groups in total. The van der Waals surface area contributed by atoms with E-state index < -0.39 is 0 Å². The van der Waals surface area contributed by atoms with E-state index in [1.807, 2.05) is 13.0 Å². The number of aromatic nitrogens is 2. The van der Waals surface area contributed by atoms with Crippen molar-refractivity contribution in [2.75, 3.05) is 11.9 Å². The Kier molecular flexibility index (Phi) is 4.78. The summed E-state index contributed by atoms with van der Waals surface area (Å²) in [5.74, 6) is 4.76. The van der Waals surface area contributed by atoms with Crippen LogP contribution in [-0.4, -0.2) is 16.5 Å². The Morgan fingerprint density at radius 1 is 1.44 bits per heavy atom. The highest BCUT2D eigenvalue weighted by Gasteiger charge is 2.05. The molecule has 0 radical (unpaired) electrons. The van der Waals surface area contributed by atoms with E-state index in [9.17, 15) is 0 Å². The summed E-state index contributed by atoms with van der Waals surface area (Å²) in [4.78, 5) is 8.85. The first kappa shape index (κ1) is 12.5. The van der Waals surface area contributed by atoms with Crippen LogP contribution in [-0.2, 0) is 0 Å². The molecule has 1 aromatic heterocycles. The molecule has 1 heterocycles. The molecule has 0 aromatic carbocycles. The average Bonchev–Trinajstić information content (AvgIpc) is 2.23. The van der Waals surface area contributed by atoms with E-state index in [-0.39, 0.29) is 0 Å². The van der Waals surface area contributed by atoms with Crippen molar-refractivity contribution in [2.24, 2.45) is 0 Å². The van der Waals surface area contributed by atoms with E-state index >= 15 is 0 Å². The number of unbranched alkanes of at least 4 members (excludes halogenated alkanes) is 1. The summed E-state index contributed by atoms with van der Waals surface area (Å²) < 4.78 is 0. The number of aryl methyl sites for hydroxylation is 1. The zero-order chi connectivity index (χ0) is 12.0. The lowest BCUT2D eigenvalue weighted by atomic mass is 10.2. The van der Waals surface area contributed by atoms with Gasteiger partial charge in [-0.1, -0.05) is 13.8 Å². The molecule has 0 atom stereocenters. The molecule has 0 aliphatic rings. The Morgan fingerprint density at radius 2 is 2.19 bits per heavy atom. The second-order valence-electron chi connectivity index (χ2n) is 4.14. The molecule has 0 amide bonds. The highest BCUT2D eigenvalue weighted by atomic mass is 15.0. The molecule has 16 heavy (non-hydrogen) atoms. The lowest BCUT2D eigenvalue weighted by Gasteiger charge is -2.09. The maximum absolute atomic E-state index is 5.19. The third-order valence-electron chi connectivity index (χ3n) is 2.19. The highest BCUT2D eigenvalue weighted by molar-refractivity contribution is 5.36. The van der Waals surface area contributed by atoms with E-state index in [0.29, 0.717) is 5.92 Å². The van der Waals surface area contributed by atoms with Gasteiger partial charge in [-0.2, -0.15) is 0 Å². The van der Waals surface area contributed by atoms with Crippen molar-refractivity contribution in [3.63, 3.8) is 0 Å². The van der Waals surface area contributed by atoms with Crippen molar-refractivity contribution in [2.45, 2.75) is 39.5 Å². The summed E-state index contributed by atoms with van der Waals surface area (Å²) in [6.45, 7) is 7.03. The topological polar surface area (TPSA) is 37.8 Å².